The molecule has 2 unspecified atom stereocenters. The second-order valence-corrected chi connectivity index (χ2v) is 5.10. The number of rotatable bonds is 4. The van der Waals surface area contributed by atoms with E-state index >= 15 is 0 Å². The Morgan fingerprint density at radius 2 is 2.22 bits per heavy atom. The molecule has 1 fully saturated rings. The molecule has 0 aromatic carbocycles. The minimum atomic E-state index is -0.136. The van der Waals surface area contributed by atoms with Crippen molar-refractivity contribution in [3.63, 3.8) is 0 Å². The number of carbonyl (C=O) groups is 1. The van der Waals surface area contributed by atoms with Crippen LogP contribution in [-0.2, 0) is 0 Å². The molecule has 0 saturated heterocycles. The number of aromatic nitrogens is 1. The zero-order valence-electron chi connectivity index (χ0n) is 10.1. The van der Waals surface area contributed by atoms with Crippen molar-refractivity contribution in [2.75, 3.05) is 13.2 Å². The van der Waals surface area contributed by atoms with Crippen LogP contribution in [0.15, 0.2) is 18.3 Å². The molecule has 1 aromatic rings. The monoisotopic (exact) mass is 268 g/mol. The fourth-order valence-electron chi connectivity index (χ4n) is 2.46. The molecule has 18 heavy (non-hydrogen) atoms. The lowest BCUT2D eigenvalue weighted by Gasteiger charge is -2.17. The second kappa shape index (κ2) is 6.16. The van der Waals surface area contributed by atoms with Crippen LogP contribution in [0.3, 0.4) is 0 Å². The van der Waals surface area contributed by atoms with Crippen LogP contribution in [0, 0.1) is 11.8 Å². The number of hydrogen-bond donors (Lipinski definition) is 2. The molecule has 5 heteroatoms. The third-order valence-electron chi connectivity index (χ3n) is 3.57. The zero-order chi connectivity index (χ0) is 13.0. The molecule has 2 N–H and O–H groups in total. The van der Waals surface area contributed by atoms with Crippen molar-refractivity contribution < 1.29 is 9.90 Å². The third kappa shape index (κ3) is 3.21. The summed E-state index contributed by atoms with van der Waals surface area (Å²) in [4.78, 5) is 15.7. The molecule has 1 saturated carbocycles. The number of aliphatic hydroxyl groups excluding tert-OH is 1. The average molecular weight is 269 g/mol. The van der Waals surface area contributed by atoms with Crippen LogP contribution < -0.4 is 5.32 Å². The van der Waals surface area contributed by atoms with Crippen LogP contribution in [-0.4, -0.2) is 29.1 Å². The Kier molecular flexibility index (Phi) is 4.55. The minimum Gasteiger partial charge on any atom is -0.396 e. The molecule has 0 bridgehead atoms. The molecule has 0 radical (unpaired) electrons. The van der Waals surface area contributed by atoms with Gasteiger partial charge in [-0.3, -0.25) is 4.79 Å². The van der Waals surface area contributed by atoms with Crippen LogP contribution in [0.1, 0.15) is 29.6 Å². The Balaban J connectivity index is 1.86. The number of carbonyl (C=O) groups excluding carboxylic acids is 1. The van der Waals surface area contributed by atoms with E-state index in [1.54, 1.807) is 12.1 Å². The van der Waals surface area contributed by atoms with E-state index in [-0.39, 0.29) is 12.5 Å². The van der Waals surface area contributed by atoms with E-state index < -0.39 is 0 Å². The third-order valence-corrected chi connectivity index (χ3v) is 3.79. The molecule has 98 valence electrons. The first kappa shape index (κ1) is 13.3. The van der Waals surface area contributed by atoms with Gasteiger partial charge in [0.25, 0.3) is 5.91 Å². The number of hydrogen-bond acceptors (Lipinski definition) is 3. The summed E-state index contributed by atoms with van der Waals surface area (Å²) in [6, 6.07) is 3.26. The predicted octanol–water partition coefficient (Wildman–Crippen LogP) is 1.87. The highest BCUT2D eigenvalue weighted by atomic mass is 35.5. The first-order valence-corrected chi connectivity index (χ1v) is 6.59. The van der Waals surface area contributed by atoms with Crippen LogP contribution in [0.2, 0.25) is 5.15 Å². The van der Waals surface area contributed by atoms with E-state index in [0.29, 0.717) is 29.1 Å². The van der Waals surface area contributed by atoms with E-state index in [1.165, 1.54) is 6.20 Å². The maximum Gasteiger partial charge on any atom is 0.252 e. The van der Waals surface area contributed by atoms with Gasteiger partial charge < -0.3 is 10.4 Å². The number of aliphatic hydroxyl groups is 1. The smallest absolute Gasteiger partial charge is 0.252 e. The summed E-state index contributed by atoms with van der Waals surface area (Å²) < 4.78 is 0. The van der Waals surface area contributed by atoms with Crippen LogP contribution >= 0.6 is 11.6 Å². The Bertz CT molecular complexity index is 408. The van der Waals surface area contributed by atoms with Gasteiger partial charge in [0.1, 0.15) is 5.15 Å². The zero-order valence-corrected chi connectivity index (χ0v) is 10.9. The SMILES string of the molecule is O=C(NCC1CCCC1CO)c1ccc(Cl)nc1. The maximum absolute atomic E-state index is 11.9. The summed E-state index contributed by atoms with van der Waals surface area (Å²) >= 11 is 5.66. The molecule has 1 heterocycles. The second-order valence-electron chi connectivity index (χ2n) is 4.71. The van der Waals surface area contributed by atoms with E-state index in [2.05, 4.69) is 10.3 Å². The quantitative estimate of drug-likeness (QED) is 0.820. The summed E-state index contributed by atoms with van der Waals surface area (Å²) in [6.07, 6.45) is 4.73. The molecule has 2 rings (SSSR count). The number of halogens is 1. The van der Waals surface area contributed by atoms with Crippen LogP contribution in [0.5, 0.6) is 0 Å². The predicted molar refractivity (Wildman–Crippen MR) is 69.5 cm³/mol. The topological polar surface area (TPSA) is 62.2 Å². The highest BCUT2D eigenvalue weighted by Crippen LogP contribution is 2.30. The maximum atomic E-state index is 11.9. The van der Waals surface area contributed by atoms with Crippen molar-refractivity contribution in [3.8, 4) is 0 Å². The van der Waals surface area contributed by atoms with Crippen molar-refractivity contribution >= 4 is 17.5 Å². The molecule has 1 aliphatic carbocycles. The van der Waals surface area contributed by atoms with Crippen molar-refractivity contribution in [1.29, 1.82) is 0 Å². The molecule has 1 aromatic heterocycles. The summed E-state index contributed by atoms with van der Waals surface area (Å²) in [5.74, 6) is 0.579. The van der Waals surface area contributed by atoms with E-state index in [1.807, 2.05) is 0 Å². The minimum absolute atomic E-state index is 0.136. The fourth-order valence-corrected chi connectivity index (χ4v) is 2.57. The Labute approximate surface area is 111 Å². The lowest BCUT2D eigenvalue weighted by molar-refractivity contribution is 0.0937. The van der Waals surface area contributed by atoms with Gasteiger partial charge in [0, 0.05) is 19.3 Å². The highest BCUT2D eigenvalue weighted by molar-refractivity contribution is 6.29. The summed E-state index contributed by atoms with van der Waals surface area (Å²) in [5.41, 5.74) is 0.512. The molecular formula is C13H17ClN2O2. The molecule has 0 aliphatic heterocycles. The highest BCUT2D eigenvalue weighted by Gasteiger charge is 2.26. The van der Waals surface area contributed by atoms with Gasteiger partial charge >= 0.3 is 0 Å². The molecule has 0 spiro atoms. The van der Waals surface area contributed by atoms with E-state index in [4.69, 9.17) is 11.6 Å². The van der Waals surface area contributed by atoms with Gasteiger partial charge in [-0.2, -0.15) is 0 Å². The van der Waals surface area contributed by atoms with Gasteiger partial charge in [-0.25, -0.2) is 4.98 Å². The van der Waals surface area contributed by atoms with Crippen molar-refractivity contribution in [3.05, 3.63) is 29.0 Å². The van der Waals surface area contributed by atoms with Crippen molar-refractivity contribution in [2.24, 2.45) is 11.8 Å². The Hall–Kier alpha value is -1.13. The van der Waals surface area contributed by atoms with E-state index in [0.717, 1.165) is 19.3 Å². The molecular weight excluding hydrogens is 252 g/mol. The summed E-state index contributed by atoms with van der Waals surface area (Å²) in [5, 5.41) is 12.5. The van der Waals surface area contributed by atoms with E-state index in [9.17, 15) is 9.90 Å². The number of nitrogens with zero attached hydrogens (tertiary/aromatic N) is 1. The van der Waals surface area contributed by atoms with Gasteiger partial charge in [0.2, 0.25) is 0 Å². The number of nitrogens with one attached hydrogen (secondary N) is 1. The van der Waals surface area contributed by atoms with Gasteiger partial charge in [0.05, 0.1) is 5.56 Å². The normalized spacial score (nSPS) is 23.0. The Morgan fingerprint density at radius 3 is 2.89 bits per heavy atom. The van der Waals surface area contributed by atoms with Gasteiger partial charge in [-0.05, 0) is 36.8 Å². The number of pyridine rings is 1. The molecule has 4 nitrogen and oxygen atoms in total. The number of amides is 1. The molecule has 1 amide bonds. The van der Waals surface area contributed by atoms with Crippen molar-refractivity contribution in [2.45, 2.75) is 19.3 Å². The molecule has 1 aliphatic rings. The summed E-state index contributed by atoms with van der Waals surface area (Å²) in [6.45, 7) is 0.829. The van der Waals surface area contributed by atoms with Gasteiger partial charge in [0.15, 0.2) is 0 Å². The fraction of sp³-hybridized carbons (Fsp3) is 0.538. The van der Waals surface area contributed by atoms with Crippen molar-refractivity contribution in [1.82, 2.24) is 10.3 Å². The molecule has 2 atom stereocenters. The largest absolute Gasteiger partial charge is 0.396 e. The van der Waals surface area contributed by atoms with Gasteiger partial charge in [-0.1, -0.05) is 18.0 Å². The summed E-state index contributed by atoms with van der Waals surface area (Å²) in [7, 11) is 0. The standard InChI is InChI=1S/C13H17ClN2O2/c14-12-5-4-10(7-15-12)13(18)16-6-9-2-1-3-11(9)8-17/h4-5,7,9,11,17H,1-3,6,8H2,(H,16,18). The van der Waals surface area contributed by atoms with Crippen LogP contribution in [0.4, 0.5) is 0 Å². The lowest BCUT2D eigenvalue weighted by Crippen LogP contribution is -2.31. The van der Waals surface area contributed by atoms with Gasteiger partial charge in [-0.15, -0.1) is 0 Å². The lowest BCUT2D eigenvalue weighted by atomic mass is 9.97. The Morgan fingerprint density at radius 1 is 1.44 bits per heavy atom. The first-order valence-electron chi connectivity index (χ1n) is 6.21. The average Bonchev–Trinajstić information content (AvgIpc) is 2.84. The van der Waals surface area contributed by atoms with Crippen LogP contribution in [0.25, 0.3) is 0 Å². The first-order chi connectivity index (χ1) is 8.70.